The summed E-state index contributed by atoms with van der Waals surface area (Å²) in [6, 6.07) is 10.9. The summed E-state index contributed by atoms with van der Waals surface area (Å²) >= 11 is 0. The zero-order valence-corrected chi connectivity index (χ0v) is 15.5. The Bertz CT molecular complexity index is 546. The van der Waals surface area contributed by atoms with Gasteiger partial charge >= 0.3 is 0 Å². The summed E-state index contributed by atoms with van der Waals surface area (Å²) in [6.07, 6.45) is 15.3. The second-order valence-corrected chi connectivity index (χ2v) is 6.86. The molecule has 0 N–H and O–H groups in total. The molecule has 0 aliphatic rings. The van der Waals surface area contributed by atoms with Crippen LogP contribution in [0.3, 0.4) is 0 Å². The third-order valence-corrected chi connectivity index (χ3v) is 4.76. The molecule has 2 nitrogen and oxygen atoms in total. The second-order valence-electron chi connectivity index (χ2n) is 6.86. The van der Waals surface area contributed by atoms with E-state index in [1.54, 1.807) is 0 Å². The Balaban J connectivity index is 1.41. The fourth-order valence-electron chi connectivity index (χ4n) is 3.26. The number of nitrogens with zero attached hydrogens (tertiary/aromatic N) is 1. The Kier molecular flexibility index (Phi) is 9.63. The largest absolute Gasteiger partial charge is 0.381 e. The number of fused-ring (bicyclic) bond motifs is 1. The van der Waals surface area contributed by atoms with E-state index in [9.17, 15) is 0 Å². The highest BCUT2D eigenvalue weighted by molar-refractivity contribution is 5.79. The molecule has 1 heterocycles. The van der Waals surface area contributed by atoms with Crippen LogP contribution in [0.5, 0.6) is 0 Å². The number of hydrogen-bond donors (Lipinski definition) is 0. The summed E-state index contributed by atoms with van der Waals surface area (Å²) in [7, 11) is 0. The van der Waals surface area contributed by atoms with E-state index in [1.807, 2.05) is 0 Å². The molecule has 0 unspecified atom stereocenters. The van der Waals surface area contributed by atoms with E-state index in [2.05, 4.69) is 48.0 Å². The fraction of sp³-hybridized carbons (Fsp3) is 0.636. The Morgan fingerprint density at radius 2 is 1.42 bits per heavy atom. The van der Waals surface area contributed by atoms with Crippen LogP contribution in [0.15, 0.2) is 36.5 Å². The van der Waals surface area contributed by atoms with E-state index >= 15 is 0 Å². The van der Waals surface area contributed by atoms with Crippen LogP contribution in [0, 0.1) is 0 Å². The number of aromatic nitrogens is 1. The molecule has 0 radical (unpaired) electrons. The monoisotopic (exact) mass is 329 g/mol. The molecular formula is C22H35NO. The molecule has 0 atom stereocenters. The average Bonchev–Trinajstić information content (AvgIpc) is 3.02. The summed E-state index contributed by atoms with van der Waals surface area (Å²) in [6.45, 7) is 5.32. The number of ether oxygens (including phenoxy) is 1. The van der Waals surface area contributed by atoms with E-state index in [4.69, 9.17) is 4.74 Å². The van der Waals surface area contributed by atoms with Gasteiger partial charge < -0.3 is 9.30 Å². The Labute approximate surface area is 148 Å². The molecule has 0 amide bonds. The predicted octanol–water partition coefficient (Wildman–Crippen LogP) is 6.58. The molecule has 2 heteroatoms. The lowest BCUT2D eigenvalue weighted by Crippen LogP contribution is -1.97. The van der Waals surface area contributed by atoms with Gasteiger partial charge in [-0.1, -0.05) is 70.1 Å². The molecule has 0 saturated carbocycles. The predicted molar refractivity (Wildman–Crippen MR) is 105 cm³/mol. The Morgan fingerprint density at radius 3 is 2.21 bits per heavy atom. The normalized spacial score (nSPS) is 11.4. The lowest BCUT2D eigenvalue weighted by molar-refractivity contribution is 0.125. The molecule has 0 aliphatic heterocycles. The van der Waals surface area contributed by atoms with Crippen LogP contribution in [0.4, 0.5) is 0 Å². The van der Waals surface area contributed by atoms with Crippen molar-refractivity contribution in [2.45, 2.75) is 77.7 Å². The molecular weight excluding hydrogens is 294 g/mol. The molecule has 2 aromatic rings. The van der Waals surface area contributed by atoms with Crippen molar-refractivity contribution < 1.29 is 4.74 Å². The minimum Gasteiger partial charge on any atom is -0.381 e. The van der Waals surface area contributed by atoms with Crippen molar-refractivity contribution in [2.75, 3.05) is 13.2 Å². The zero-order chi connectivity index (χ0) is 16.9. The van der Waals surface area contributed by atoms with Crippen LogP contribution in [0.1, 0.15) is 71.1 Å². The second kappa shape index (κ2) is 12.1. The molecule has 24 heavy (non-hydrogen) atoms. The van der Waals surface area contributed by atoms with Gasteiger partial charge in [0.25, 0.3) is 0 Å². The first-order chi connectivity index (χ1) is 11.9. The average molecular weight is 330 g/mol. The van der Waals surface area contributed by atoms with Crippen LogP contribution in [-0.2, 0) is 11.3 Å². The van der Waals surface area contributed by atoms with Gasteiger partial charge in [0.05, 0.1) is 0 Å². The molecule has 1 aromatic heterocycles. The standard InChI is InChI=1S/C22H35NO/c1-2-3-4-12-19-24-20-13-8-6-5-7-11-17-23-18-16-21-14-9-10-15-22(21)23/h9-10,14-16,18H,2-8,11-13,17,19-20H2,1H3. The van der Waals surface area contributed by atoms with E-state index in [0.717, 1.165) is 19.8 Å². The van der Waals surface area contributed by atoms with Crippen molar-refractivity contribution in [3.63, 3.8) is 0 Å². The van der Waals surface area contributed by atoms with E-state index in [0.29, 0.717) is 0 Å². The summed E-state index contributed by atoms with van der Waals surface area (Å²) in [4.78, 5) is 0. The summed E-state index contributed by atoms with van der Waals surface area (Å²) in [5.41, 5.74) is 1.37. The molecule has 0 saturated heterocycles. The van der Waals surface area contributed by atoms with Crippen LogP contribution < -0.4 is 0 Å². The van der Waals surface area contributed by atoms with Crippen molar-refractivity contribution in [2.24, 2.45) is 0 Å². The Morgan fingerprint density at radius 1 is 0.750 bits per heavy atom. The van der Waals surface area contributed by atoms with Crippen molar-refractivity contribution in [1.29, 1.82) is 0 Å². The number of rotatable bonds is 14. The zero-order valence-electron chi connectivity index (χ0n) is 15.5. The highest BCUT2D eigenvalue weighted by Crippen LogP contribution is 2.16. The molecule has 2 rings (SSSR count). The summed E-state index contributed by atoms with van der Waals surface area (Å²) in [5.74, 6) is 0. The van der Waals surface area contributed by atoms with Crippen LogP contribution in [0.2, 0.25) is 0 Å². The van der Waals surface area contributed by atoms with Gasteiger partial charge in [-0.2, -0.15) is 0 Å². The van der Waals surface area contributed by atoms with Crippen molar-refractivity contribution in [1.82, 2.24) is 4.57 Å². The van der Waals surface area contributed by atoms with Crippen molar-refractivity contribution in [3.8, 4) is 0 Å². The molecule has 1 aromatic carbocycles. The summed E-state index contributed by atoms with van der Waals surface area (Å²) in [5, 5.41) is 1.35. The fourth-order valence-corrected chi connectivity index (χ4v) is 3.26. The van der Waals surface area contributed by atoms with Gasteiger partial charge in [-0.3, -0.25) is 0 Å². The first kappa shape index (κ1) is 19.1. The third kappa shape index (κ3) is 7.09. The first-order valence-electron chi connectivity index (χ1n) is 10.0. The van der Waals surface area contributed by atoms with Gasteiger partial charge in [-0.15, -0.1) is 0 Å². The molecule has 0 fully saturated rings. The van der Waals surface area contributed by atoms with Gasteiger partial charge in [-0.25, -0.2) is 0 Å². The maximum atomic E-state index is 5.69. The quantitative estimate of drug-likeness (QED) is 0.357. The molecule has 0 bridgehead atoms. The van der Waals surface area contributed by atoms with Gasteiger partial charge in [-0.05, 0) is 36.8 Å². The van der Waals surface area contributed by atoms with Crippen LogP contribution >= 0.6 is 0 Å². The van der Waals surface area contributed by atoms with Gasteiger partial charge in [0.15, 0.2) is 0 Å². The number of aryl methyl sites for hydroxylation is 1. The molecule has 0 spiro atoms. The number of para-hydroxylation sites is 1. The lowest BCUT2D eigenvalue weighted by Gasteiger charge is -2.06. The van der Waals surface area contributed by atoms with Gasteiger partial charge in [0.1, 0.15) is 0 Å². The minimum atomic E-state index is 0.960. The summed E-state index contributed by atoms with van der Waals surface area (Å²) < 4.78 is 8.09. The third-order valence-electron chi connectivity index (χ3n) is 4.76. The van der Waals surface area contributed by atoms with E-state index in [1.165, 1.54) is 75.1 Å². The minimum absolute atomic E-state index is 0.960. The van der Waals surface area contributed by atoms with E-state index in [-0.39, 0.29) is 0 Å². The lowest BCUT2D eigenvalue weighted by atomic mass is 10.1. The number of benzene rings is 1. The number of hydrogen-bond acceptors (Lipinski definition) is 1. The molecule has 0 aliphatic carbocycles. The van der Waals surface area contributed by atoms with E-state index < -0.39 is 0 Å². The highest BCUT2D eigenvalue weighted by atomic mass is 16.5. The first-order valence-corrected chi connectivity index (χ1v) is 10.0. The van der Waals surface area contributed by atoms with Crippen LogP contribution in [0.25, 0.3) is 10.9 Å². The maximum absolute atomic E-state index is 5.69. The maximum Gasteiger partial charge on any atom is 0.0480 e. The Hall–Kier alpha value is -1.28. The number of unbranched alkanes of at least 4 members (excludes halogenated alkanes) is 8. The van der Waals surface area contributed by atoms with Gasteiger partial charge in [0.2, 0.25) is 0 Å². The van der Waals surface area contributed by atoms with Gasteiger partial charge in [0, 0.05) is 31.5 Å². The van der Waals surface area contributed by atoms with Crippen LogP contribution in [-0.4, -0.2) is 17.8 Å². The SMILES string of the molecule is CCCCCCOCCCCCCCCn1ccc2ccccc21. The molecule has 134 valence electrons. The topological polar surface area (TPSA) is 14.2 Å². The highest BCUT2D eigenvalue weighted by Gasteiger charge is 1.99. The van der Waals surface area contributed by atoms with Crippen molar-refractivity contribution in [3.05, 3.63) is 36.5 Å². The smallest absolute Gasteiger partial charge is 0.0480 e. The van der Waals surface area contributed by atoms with Crippen molar-refractivity contribution >= 4 is 10.9 Å².